The van der Waals surface area contributed by atoms with E-state index in [9.17, 15) is 0 Å². The Morgan fingerprint density at radius 3 is 2.00 bits per heavy atom. The summed E-state index contributed by atoms with van der Waals surface area (Å²) in [5.74, 6) is 3.50. The maximum absolute atomic E-state index is 6.11. The normalized spacial score (nSPS) is 15.6. The van der Waals surface area contributed by atoms with Crippen LogP contribution in [-0.2, 0) is 4.74 Å². The first-order valence-electron chi connectivity index (χ1n) is 7.98. The zero-order chi connectivity index (χ0) is 18.0. The van der Waals surface area contributed by atoms with Crippen molar-refractivity contribution in [3.05, 3.63) is 47.0 Å². The van der Waals surface area contributed by atoms with Crippen LogP contribution in [0.3, 0.4) is 0 Å². The van der Waals surface area contributed by atoms with E-state index in [4.69, 9.17) is 23.7 Å². The summed E-state index contributed by atoms with van der Waals surface area (Å²) in [6.45, 7) is 2.01. The number of hydrogen-bond donors (Lipinski definition) is 0. The molecule has 0 saturated heterocycles. The molecule has 5 heteroatoms. The molecule has 0 N–H and O–H groups in total. The standard InChI is InChI=1S/C20H22O5/c1-12-15-11-20(24-5)19(23-4)10-14(15)9-17(25-12)13-6-7-16(21-2)18(8-13)22-3/h6-12H,1-5H3. The fourth-order valence-corrected chi connectivity index (χ4v) is 2.96. The molecular weight excluding hydrogens is 320 g/mol. The van der Waals surface area contributed by atoms with Crippen LogP contribution in [0.25, 0.3) is 11.8 Å². The molecule has 0 aromatic heterocycles. The van der Waals surface area contributed by atoms with E-state index in [0.717, 1.165) is 22.4 Å². The fourth-order valence-electron chi connectivity index (χ4n) is 2.96. The van der Waals surface area contributed by atoms with Gasteiger partial charge in [0.2, 0.25) is 0 Å². The molecule has 1 heterocycles. The highest BCUT2D eigenvalue weighted by Crippen LogP contribution is 2.42. The van der Waals surface area contributed by atoms with Crippen molar-refractivity contribution in [3.63, 3.8) is 0 Å². The van der Waals surface area contributed by atoms with Crippen molar-refractivity contribution in [2.75, 3.05) is 28.4 Å². The summed E-state index contributed by atoms with van der Waals surface area (Å²) in [5, 5.41) is 0. The van der Waals surface area contributed by atoms with Crippen LogP contribution in [0.1, 0.15) is 29.7 Å². The molecule has 1 aliphatic rings. The highest BCUT2D eigenvalue weighted by atomic mass is 16.5. The van der Waals surface area contributed by atoms with Gasteiger partial charge in [-0.3, -0.25) is 0 Å². The monoisotopic (exact) mass is 342 g/mol. The van der Waals surface area contributed by atoms with Gasteiger partial charge in [0.15, 0.2) is 23.0 Å². The van der Waals surface area contributed by atoms with E-state index in [1.807, 2.05) is 43.3 Å². The molecule has 132 valence electrons. The van der Waals surface area contributed by atoms with Crippen LogP contribution in [0, 0.1) is 0 Å². The summed E-state index contributed by atoms with van der Waals surface area (Å²) in [5.41, 5.74) is 3.02. The van der Waals surface area contributed by atoms with E-state index in [1.165, 1.54) is 0 Å². The van der Waals surface area contributed by atoms with Crippen LogP contribution in [0.4, 0.5) is 0 Å². The molecule has 0 aliphatic carbocycles. The Morgan fingerprint density at radius 2 is 1.36 bits per heavy atom. The summed E-state index contributed by atoms with van der Waals surface area (Å²) < 4.78 is 27.6. The van der Waals surface area contributed by atoms with E-state index in [0.29, 0.717) is 23.0 Å². The number of methoxy groups -OCH3 is 4. The molecule has 0 fully saturated rings. The van der Waals surface area contributed by atoms with Crippen LogP contribution >= 0.6 is 0 Å². The van der Waals surface area contributed by atoms with Gasteiger partial charge in [-0.15, -0.1) is 0 Å². The van der Waals surface area contributed by atoms with E-state index in [-0.39, 0.29) is 6.10 Å². The molecule has 0 spiro atoms. The largest absolute Gasteiger partial charge is 0.493 e. The van der Waals surface area contributed by atoms with Crippen LogP contribution in [0.5, 0.6) is 23.0 Å². The van der Waals surface area contributed by atoms with Crippen molar-refractivity contribution < 1.29 is 23.7 Å². The molecule has 0 saturated carbocycles. The molecule has 25 heavy (non-hydrogen) atoms. The third-order valence-electron chi connectivity index (χ3n) is 4.29. The smallest absolute Gasteiger partial charge is 0.161 e. The average molecular weight is 342 g/mol. The fraction of sp³-hybridized carbons (Fsp3) is 0.300. The van der Waals surface area contributed by atoms with Gasteiger partial charge >= 0.3 is 0 Å². The Kier molecular flexibility index (Phi) is 4.74. The van der Waals surface area contributed by atoms with Crippen molar-refractivity contribution in [1.82, 2.24) is 0 Å². The quantitative estimate of drug-likeness (QED) is 0.810. The Hall–Kier alpha value is -2.82. The molecule has 1 atom stereocenters. The Bertz CT molecular complexity index is 810. The second kappa shape index (κ2) is 6.97. The lowest BCUT2D eigenvalue weighted by molar-refractivity contribution is 0.185. The second-order valence-electron chi connectivity index (χ2n) is 5.67. The maximum atomic E-state index is 6.11. The van der Waals surface area contributed by atoms with E-state index in [2.05, 4.69) is 0 Å². The van der Waals surface area contributed by atoms with E-state index < -0.39 is 0 Å². The molecule has 2 aromatic carbocycles. The minimum absolute atomic E-state index is 0.108. The molecule has 5 nitrogen and oxygen atoms in total. The lowest BCUT2D eigenvalue weighted by atomic mass is 9.97. The Morgan fingerprint density at radius 1 is 0.760 bits per heavy atom. The van der Waals surface area contributed by atoms with Crippen molar-refractivity contribution in [3.8, 4) is 23.0 Å². The zero-order valence-electron chi connectivity index (χ0n) is 15.1. The van der Waals surface area contributed by atoms with Crippen LogP contribution in [0.15, 0.2) is 30.3 Å². The van der Waals surface area contributed by atoms with Gasteiger partial charge in [-0.1, -0.05) is 0 Å². The minimum Gasteiger partial charge on any atom is -0.493 e. The predicted octanol–water partition coefficient (Wildman–Crippen LogP) is 4.31. The summed E-state index contributed by atoms with van der Waals surface area (Å²) in [6, 6.07) is 9.65. The van der Waals surface area contributed by atoms with Crippen molar-refractivity contribution in [2.24, 2.45) is 0 Å². The summed E-state index contributed by atoms with van der Waals surface area (Å²) in [6.07, 6.45) is 1.89. The Balaban J connectivity index is 2.07. The number of hydrogen-bond acceptors (Lipinski definition) is 5. The van der Waals surface area contributed by atoms with Gasteiger partial charge in [0.05, 0.1) is 28.4 Å². The van der Waals surface area contributed by atoms with Crippen LogP contribution < -0.4 is 18.9 Å². The highest BCUT2D eigenvalue weighted by Gasteiger charge is 2.23. The summed E-state index contributed by atoms with van der Waals surface area (Å²) in [4.78, 5) is 0. The number of benzene rings is 2. The average Bonchev–Trinajstić information content (AvgIpc) is 2.66. The molecule has 1 unspecified atom stereocenters. The lowest BCUT2D eigenvalue weighted by Gasteiger charge is -2.26. The molecule has 2 aromatic rings. The Labute approximate surface area is 147 Å². The molecule has 3 rings (SSSR count). The summed E-state index contributed by atoms with van der Waals surface area (Å²) >= 11 is 0. The number of rotatable bonds is 5. The van der Waals surface area contributed by atoms with Gasteiger partial charge in [0, 0.05) is 11.1 Å². The SMILES string of the molecule is COc1ccc(C2=Cc3cc(OC)c(OC)cc3C(C)O2)cc1OC. The molecule has 0 radical (unpaired) electrons. The van der Waals surface area contributed by atoms with Gasteiger partial charge in [-0.2, -0.15) is 0 Å². The van der Waals surface area contributed by atoms with Gasteiger partial charge in [-0.25, -0.2) is 0 Å². The van der Waals surface area contributed by atoms with Gasteiger partial charge < -0.3 is 23.7 Å². The second-order valence-corrected chi connectivity index (χ2v) is 5.67. The first kappa shape index (κ1) is 17.0. The summed E-state index contributed by atoms with van der Waals surface area (Å²) in [7, 11) is 6.49. The molecular formula is C20H22O5. The van der Waals surface area contributed by atoms with Gasteiger partial charge in [0.25, 0.3) is 0 Å². The third kappa shape index (κ3) is 3.09. The molecule has 1 aliphatic heterocycles. The predicted molar refractivity (Wildman–Crippen MR) is 96.5 cm³/mol. The first-order valence-corrected chi connectivity index (χ1v) is 7.98. The molecule has 0 bridgehead atoms. The van der Waals surface area contributed by atoms with Crippen molar-refractivity contribution in [2.45, 2.75) is 13.0 Å². The van der Waals surface area contributed by atoms with E-state index in [1.54, 1.807) is 28.4 Å². The maximum Gasteiger partial charge on any atom is 0.161 e. The number of ether oxygens (including phenoxy) is 5. The van der Waals surface area contributed by atoms with Gasteiger partial charge in [0.1, 0.15) is 11.9 Å². The van der Waals surface area contributed by atoms with Crippen molar-refractivity contribution in [1.29, 1.82) is 0 Å². The highest BCUT2D eigenvalue weighted by molar-refractivity contribution is 5.82. The van der Waals surface area contributed by atoms with E-state index >= 15 is 0 Å². The van der Waals surface area contributed by atoms with Crippen LogP contribution in [0.2, 0.25) is 0 Å². The first-order chi connectivity index (χ1) is 12.1. The zero-order valence-corrected chi connectivity index (χ0v) is 15.1. The van der Waals surface area contributed by atoms with Crippen molar-refractivity contribution >= 4 is 11.8 Å². The minimum atomic E-state index is -0.108. The van der Waals surface area contributed by atoms with Gasteiger partial charge in [-0.05, 0) is 48.9 Å². The number of fused-ring (bicyclic) bond motifs is 1. The molecule has 0 amide bonds. The lowest BCUT2D eigenvalue weighted by Crippen LogP contribution is -2.08. The topological polar surface area (TPSA) is 46.2 Å². The third-order valence-corrected chi connectivity index (χ3v) is 4.29. The van der Waals surface area contributed by atoms with Crippen LogP contribution in [-0.4, -0.2) is 28.4 Å².